The van der Waals surface area contributed by atoms with Crippen LogP contribution in [0.4, 0.5) is 13.2 Å². The number of aromatic nitrogens is 2. The molecule has 0 saturated heterocycles. The van der Waals surface area contributed by atoms with Gasteiger partial charge in [0, 0.05) is 18.8 Å². The first-order valence-electron chi connectivity index (χ1n) is 5.76. The van der Waals surface area contributed by atoms with Gasteiger partial charge < -0.3 is 10.5 Å². The number of hydrogen-bond donors (Lipinski definition) is 1. The van der Waals surface area contributed by atoms with Gasteiger partial charge in [0.1, 0.15) is 11.4 Å². The van der Waals surface area contributed by atoms with Crippen LogP contribution < -0.4 is 10.5 Å². The summed E-state index contributed by atoms with van der Waals surface area (Å²) >= 11 is 0. The molecule has 0 unspecified atom stereocenters. The molecule has 0 atom stereocenters. The van der Waals surface area contributed by atoms with E-state index in [4.69, 9.17) is 10.5 Å². The molecule has 0 radical (unpaired) electrons. The highest BCUT2D eigenvalue weighted by Gasteiger charge is 2.33. The lowest BCUT2D eigenvalue weighted by Crippen LogP contribution is -2.10. The molecule has 20 heavy (non-hydrogen) atoms. The smallest absolute Gasteiger partial charge is 0.433 e. The maximum atomic E-state index is 12.7. The van der Waals surface area contributed by atoms with Crippen molar-refractivity contribution >= 4 is 0 Å². The molecular weight excluding hydrogens is 271 g/mol. The van der Waals surface area contributed by atoms with E-state index >= 15 is 0 Å². The molecule has 0 bridgehead atoms. The van der Waals surface area contributed by atoms with Gasteiger partial charge in [0.15, 0.2) is 0 Å². The Hall–Kier alpha value is -2.15. The van der Waals surface area contributed by atoms with Gasteiger partial charge in [-0.2, -0.15) is 13.2 Å². The molecule has 2 rings (SSSR count). The molecule has 2 aromatic heterocycles. The molecule has 0 fully saturated rings. The molecule has 0 aliphatic carbocycles. The van der Waals surface area contributed by atoms with Gasteiger partial charge in [-0.3, -0.25) is 4.98 Å². The fourth-order valence-corrected chi connectivity index (χ4v) is 1.58. The van der Waals surface area contributed by atoms with Gasteiger partial charge in [-0.05, 0) is 30.2 Å². The summed E-state index contributed by atoms with van der Waals surface area (Å²) in [7, 11) is 0. The van der Waals surface area contributed by atoms with Crippen LogP contribution in [-0.4, -0.2) is 9.97 Å². The van der Waals surface area contributed by atoms with Crippen molar-refractivity contribution in [1.82, 2.24) is 9.97 Å². The highest BCUT2D eigenvalue weighted by atomic mass is 19.4. The number of hydrogen-bond acceptors (Lipinski definition) is 4. The lowest BCUT2D eigenvalue weighted by Gasteiger charge is -2.11. The number of nitrogens with two attached hydrogens (primary N) is 1. The van der Waals surface area contributed by atoms with Crippen LogP contribution in [0.15, 0.2) is 30.6 Å². The van der Waals surface area contributed by atoms with Gasteiger partial charge in [-0.15, -0.1) is 0 Å². The summed E-state index contributed by atoms with van der Waals surface area (Å²) in [5, 5.41) is 0. The molecule has 106 valence electrons. The van der Waals surface area contributed by atoms with Crippen LogP contribution in [-0.2, 0) is 12.7 Å². The average molecular weight is 283 g/mol. The zero-order valence-corrected chi connectivity index (χ0v) is 10.6. The van der Waals surface area contributed by atoms with E-state index in [1.165, 1.54) is 12.3 Å². The summed E-state index contributed by atoms with van der Waals surface area (Å²) in [4.78, 5) is 7.34. The minimum Gasteiger partial charge on any atom is -0.437 e. The molecule has 0 spiro atoms. The molecule has 4 nitrogen and oxygen atoms in total. The van der Waals surface area contributed by atoms with Gasteiger partial charge in [0.2, 0.25) is 5.88 Å². The minimum absolute atomic E-state index is 0.0337. The SMILES string of the molecule is Cc1cncc(Oc2cc(CN)cc(C(F)(F)F)n2)c1. The lowest BCUT2D eigenvalue weighted by atomic mass is 10.2. The summed E-state index contributed by atoms with van der Waals surface area (Å²) in [6.45, 7) is 1.76. The second-order valence-corrected chi connectivity index (χ2v) is 4.20. The second kappa shape index (κ2) is 5.46. The van der Waals surface area contributed by atoms with Gasteiger partial charge in [-0.25, -0.2) is 4.98 Å². The lowest BCUT2D eigenvalue weighted by molar-refractivity contribution is -0.141. The highest BCUT2D eigenvalue weighted by Crippen LogP contribution is 2.31. The number of aryl methyl sites for hydroxylation is 1. The first-order valence-corrected chi connectivity index (χ1v) is 5.76. The molecular formula is C13H12F3N3O. The first kappa shape index (κ1) is 14.3. The summed E-state index contributed by atoms with van der Waals surface area (Å²) in [5.41, 5.74) is 5.48. The number of halogens is 3. The maximum absolute atomic E-state index is 12.7. The molecule has 2 heterocycles. The summed E-state index contributed by atoms with van der Waals surface area (Å²) < 4.78 is 43.5. The number of ether oxygens (including phenoxy) is 1. The molecule has 2 aromatic rings. The van der Waals surface area contributed by atoms with Gasteiger partial charge >= 0.3 is 6.18 Å². The average Bonchev–Trinajstić information content (AvgIpc) is 2.37. The van der Waals surface area contributed by atoms with Crippen molar-refractivity contribution in [3.8, 4) is 11.6 Å². The van der Waals surface area contributed by atoms with Crippen LogP contribution in [0.25, 0.3) is 0 Å². The Morgan fingerprint density at radius 2 is 1.95 bits per heavy atom. The van der Waals surface area contributed by atoms with Crippen molar-refractivity contribution in [2.75, 3.05) is 0 Å². The quantitative estimate of drug-likeness (QED) is 0.940. The first-order chi connectivity index (χ1) is 9.38. The third kappa shape index (κ3) is 3.45. The van der Waals surface area contributed by atoms with Crippen molar-refractivity contribution in [3.63, 3.8) is 0 Å². The topological polar surface area (TPSA) is 61.0 Å². The number of rotatable bonds is 3. The summed E-state index contributed by atoms with van der Waals surface area (Å²) in [6, 6.07) is 3.93. The van der Waals surface area contributed by atoms with E-state index in [1.807, 2.05) is 0 Å². The largest absolute Gasteiger partial charge is 0.437 e. The third-order valence-corrected chi connectivity index (χ3v) is 2.46. The van der Waals surface area contributed by atoms with E-state index < -0.39 is 11.9 Å². The van der Waals surface area contributed by atoms with Crippen molar-refractivity contribution in [1.29, 1.82) is 0 Å². The van der Waals surface area contributed by atoms with Crippen LogP contribution in [0, 0.1) is 6.92 Å². The predicted octanol–water partition coefficient (Wildman–Crippen LogP) is 3.05. The Morgan fingerprint density at radius 1 is 1.20 bits per heavy atom. The maximum Gasteiger partial charge on any atom is 0.433 e. The van der Waals surface area contributed by atoms with Crippen molar-refractivity contribution in [2.45, 2.75) is 19.6 Å². The van der Waals surface area contributed by atoms with Gasteiger partial charge in [0.25, 0.3) is 0 Å². The normalized spacial score (nSPS) is 11.4. The van der Waals surface area contributed by atoms with Crippen LogP contribution in [0.5, 0.6) is 11.6 Å². The van der Waals surface area contributed by atoms with Gasteiger partial charge in [-0.1, -0.05) is 0 Å². The second-order valence-electron chi connectivity index (χ2n) is 4.20. The van der Waals surface area contributed by atoms with Crippen molar-refractivity contribution < 1.29 is 17.9 Å². The van der Waals surface area contributed by atoms with Crippen LogP contribution >= 0.6 is 0 Å². The fourth-order valence-electron chi connectivity index (χ4n) is 1.58. The number of alkyl halides is 3. The van der Waals surface area contributed by atoms with E-state index in [1.54, 1.807) is 19.2 Å². The monoisotopic (exact) mass is 283 g/mol. The van der Waals surface area contributed by atoms with Crippen molar-refractivity contribution in [2.24, 2.45) is 5.73 Å². The zero-order chi connectivity index (χ0) is 14.8. The Morgan fingerprint density at radius 3 is 2.55 bits per heavy atom. The number of pyridine rings is 2. The van der Waals surface area contributed by atoms with Crippen LogP contribution in [0.1, 0.15) is 16.8 Å². The fraction of sp³-hybridized carbons (Fsp3) is 0.231. The van der Waals surface area contributed by atoms with Crippen LogP contribution in [0.3, 0.4) is 0 Å². The molecule has 0 aliphatic rings. The minimum atomic E-state index is -4.55. The molecule has 2 N–H and O–H groups in total. The standard InChI is InChI=1S/C13H12F3N3O/c1-8-2-10(7-18-6-8)20-12-4-9(5-17)3-11(19-12)13(14,15)16/h2-4,6-7H,5,17H2,1H3. The highest BCUT2D eigenvalue weighted by molar-refractivity contribution is 5.31. The predicted molar refractivity (Wildman–Crippen MR) is 66.2 cm³/mol. The zero-order valence-electron chi connectivity index (χ0n) is 10.6. The molecule has 0 amide bonds. The van der Waals surface area contributed by atoms with Crippen LogP contribution in [0.2, 0.25) is 0 Å². The molecule has 7 heteroatoms. The Bertz CT molecular complexity index is 614. The molecule has 0 aliphatic heterocycles. The Labute approximate surface area is 113 Å². The molecule has 0 aromatic carbocycles. The molecule has 0 saturated carbocycles. The third-order valence-electron chi connectivity index (χ3n) is 2.46. The van der Waals surface area contributed by atoms with E-state index in [0.29, 0.717) is 11.3 Å². The summed E-state index contributed by atoms with van der Waals surface area (Å²) in [6.07, 6.45) is -1.54. The summed E-state index contributed by atoms with van der Waals surface area (Å²) in [5.74, 6) is 0.160. The van der Waals surface area contributed by atoms with E-state index in [2.05, 4.69) is 9.97 Å². The van der Waals surface area contributed by atoms with E-state index in [0.717, 1.165) is 11.6 Å². The van der Waals surface area contributed by atoms with E-state index in [9.17, 15) is 13.2 Å². The van der Waals surface area contributed by atoms with Gasteiger partial charge in [0.05, 0.1) is 6.20 Å². The Balaban J connectivity index is 2.36. The Kier molecular flexibility index (Phi) is 3.89. The van der Waals surface area contributed by atoms with E-state index in [-0.39, 0.29) is 12.4 Å². The number of nitrogens with zero attached hydrogens (tertiary/aromatic N) is 2. The van der Waals surface area contributed by atoms with Crippen molar-refractivity contribution in [3.05, 3.63) is 47.4 Å².